The number of carbonyl (C=O) groups is 1. The molecular formula is C18H13ClFNO4. The molecule has 0 unspecified atom stereocenters. The van der Waals surface area contributed by atoms with Crippen LogP contribution in [0.2, 0.25) is 5.02 Å². The van der Waals surface area contributed by atoms with E-state index in [1.165, 1.54) is 24.3 Å². The maximum absolute atomic E-state index is 13.1. The largest absolute Gasteiger partial charge is 0.481 e. The van der Waals surface area contributed by atoms with Crippen LogP contribution in [0.15, 0.2) is 57.7 Å². The number of hydrogen-bond donors (Lipinski definition) is 1. The lowest BCUT2D eigenvalue weighted by atomic mass is 10.2. The van der Waals surface area contributed by atoms with E-state index in [2.05, 4.69) is 5.32 Å². The zero-order chi connectivity index (χ0) is 18.0. The quantitative estimate of drug-likeness (QED) is 0.713. The highest BCUT2D eigenvalue weighted by atomic mass is 35.5. The molecule has 128 valence electrons. The number of amides is 1. The van der Waals surface area contributed by atoms with Crippen LogP contribution >= 0.6 is 11.6 Å². The molecule has 0 fully saturated rings. The lowest BCUT2D eigenvalue weighted by Gasteiger charge is -2.15. The standard InChI is InChI=1S/C18H13ClFNO4/c1-10(18(23)21-12-4-6-15(20)14(19)8-12)24-13-5-2-11-3-7-17(22)25-16(11)9-13/h2-10H,1H3,(H,21,23)/t10-/m1/s1. The average Bonchev–Trinajstić information content (AvgIpc) is 2.57. The van der Waals surface area contributed by atoms with Gasteiger partial charge >= 0.3 is 5.63 Å². The van der Waals surface area contributed by atoms with Crippen molar-refractivity contribution >= 4 is 34.2 Å². The Morgan fingerprint density at radius 1 is 1.20 bits per heavy atom. The van der Waals surface area contributed by atoms with Crippen LogP contribution < -0.4 is 15.7 Å². The summed E-state index contributed by atoms with van der Waals surface area (Å²) >= 11 is 5.68. The van der Waals surface area contributed by atoms with Crippen molar-refractivity contribution in [2.45, 2.75) is 13.0 Å². The summed E-state index contributed by atoms with van der Waals surface area (Å²) in [6.07, 6.45) is -0.836. The summed E-state index contributed by atoms with van der Waals surface area (Å²) in [6, 6.07) is 11.8. The Morgan fingerprint density at radius 2 is 1.96 bits per heavy atom. The Labute approximate surface area is 147 Å². The molecular weight excluding hydrogens is 349 g/mol. The summed E-state index contributed by atoms with van der Waals surface area (Å²) in [6.45, 7) is 1.56. The Bertz CT molecular complexity index is 1000. The van der Waals surface area contributed by atoms with E-state index in [0.717, 1.165) is 11.5 Å². The molecule has 3 aromatic rings. The van der Waals surface area contributed by atoms with Crippen LogP contribution in [0.25, 0.3) is 11.0 Å². The molecule has 2 aromatic carbocycles. The molecule has 0 aliphatic rings. The van der Waals surface area contributed by atoms with Crippen molar-refractivity contribution in [3.8, 4) is 5.75 Å². The predicted molar refractivity (Wildman–Crippen MR) is 92.6 cm³/mol. The van der Waals surface area contributed by atoms with Crippen LogP contribution in [0.5, 0.6) is 5.75 Å². The van der Waals surface area contributed by atoms with Crippen LogP contribution in [-0.2, 0) is 4.79 Å². The van der Waals surface area contributed by atoms with E-state index < -0.39 is 23.5 Å². The maximum Gasteiger partial charge on any atom is 0.336 e. The lowest BCUT2D eigenvalue weighted by Crippen LogP contribution is -2.30. The van der Waals surface area contributed by atoms with E-state index in [9.17, 15) is 14.0 Å². The number of ether oxygens (including phenoxy) is 1. The van der Waals surface area contributed by atoms with Gasteiger partial charge in [0.05, 0.1) is 5.02 Å². The lowest BCUT2D eigenvalue weighted by molar-refractivity contribution is -0.122. The summed E-state index contributed by atoms with van der Waals surface area (Å²) < 4.78 is 23.8. The number of benzene rings is 2. The second-order valence-electron chi connectivity index (χ2n) is 5.33. The van der Waals surface area contributed by atoms with Crippen molar-refractivity contribution in [3.05, 3.63) is 69.8 Å². The zero-order valence-corrected chi connectivity index (χ0v) is 13.8. The van der Waals surface area contributed by atoms with E-state index in [1.807, 2.05) is 0 Å². The molecule has 1 aromatic heterocycles. The second-order valence-corrected chi connectivity index (χ2v) is 5.74. The molecule has 25 heavy (non-hydrogen) atoms. The summed E-state index contributed by atoms with van der Waals surface area (Å²) in [4.78, 5) is 23.5. The van der Waals surface area contributed by atoms with Gasteiger partial charge in [0, 0.05) is 23.2 Å². The molecule has 0 radical (unpaired) electrons. The average molecular weight is 362 g/mol. The highest BCUT2D eigenvalue weighted by molar-refractivity contribution is 6.31. The highest BCUT2D eigenvalue weighted by Gasteiger charge is 2.16. The number of anilines is 1. The third-order valence-corrected chi connectivity index (χ3v) is 3.75. The molecule has 7 heteroatoms. The molecule has 0 saturated carbocycles. The Morgan fingerprint density at radius 3 is 2.72 bits per heavy atom. The fourth-order valence-electron chi connectivity index (χ4n) is 2.19. The Kier molecular flexibility index (Phi) is 4.72. The second kappa shape index (κ2) is 6.94. The van der Waals surface area contributed by atoms with Crippen molar-refractivity contribution in [2.75, 3.05) is 5.32 Å². The molecule has 1 atom stereocenters. The number of nitrogens with one attached hydrogen (secondary N) is 1. The van der Waals surface area contributed by atoms with Gasteiger partial charge in [0.25, 0.3) is 5.91 Å². The molecule has 1 N–H and O–H groups in total. The van der Waals surface area contributed by atoms with E-state index in [4.69, 9.17) is 20.8 Å². The van der Waals surface area contributed by atoms with Gasteiger partial charge < -0.3 is 14.5 Å². The van der Waals surface area contributed by atoms with Gasteiger partial charge in [0.15, 0.2) is 6.10 Å². The number of hydrogen-bond acceptors (Lipinski definition) is 4. The minimum Gasteiger partial charge on any atom is -0.481 e. The first kappa shape index (κ1) is 17.0. The summed E-state index contributed by atoms with van der Waals surface area (Å²) in [5.74, 6) is -0.624. The van der Waals surface area contributed by atoms with Crippen molar-refractivity contribution in [2.24, 2.45) is 0 Å². The number of rotatable bonds is 4. The van der Waals surface area contributed by atoms with Crippen molar-refractivity contribution < 1.29 is 18.3 Å². The highest BCUT2D eigenvalue weighted by Crippen LogP contribution is 2.22. The first-order valence-corrected chi connectivity index (χ1v) is 7.77. The minimum atomic E-state index is -0.836. The number of carbonyl (C=O) groups excluding carboxylic acids is 1. The maximum atomic E-state index is 13.1. The van der Waals surface area contributed by atoms with Crippen LogP contribution in [0.1, 0.15) is 6.92 Å². The third kappa shape index (κ3) is 3.97. The SMILES string of the molecule is C[C@@H](Oc1ccc2ccc(=O)oc2c1)C(=O)Nc1ccc(F)c(Cl)c1. The number of fused-ring (bicyclic) bond motifs is 1. The van der Waals surface area contributed by atoms with Gasteiger partial charge in [-0.3, -0.25) is 4.79 Å². The van der Waals surface area contributed by atoms with Gasteiger partial charge in [0.2, 0.25) is 0 Å². The van der Waals surface area contributed by atoms with E-state index >= 15 is 0 Å². The third-order valence-electron chi connectivity index (χ3n) is 3.46. The van der Waals surface area contributed by atoms with Crippen LogP contribution in [-0.4, -0.2) is 12.0 Å². The summed E-state index contributed by atoms with van der Waals surface area (Å²) in [5.41, 5.74) is 0.253. The summed E-state index contributed by atoms with van der Waals surface area (Å²) in [5, 5.41) is 3.24. The summed E-state index contributed by atoms with van der Waals surface area (Å²) in [7, 11) is 0. The first-order chi connectivity index (χ1) is 11.9. The first-order valence-electron chi connectivity index (χ1n) is 7.39. The van der Waals surface area contributed by atoms with Crippen molar-refractivity contribution in [3.63, 3.8) is 0 Å². The molecule has 0 spiro atoms. The number of halogens is 2. The Balaban J connectivity index is 1.72. The molecule has 0 saturated heterocycles. The van der Waals surface area contributed by atoms with Gasteiger partial charge in [0.1, 0.15) is 17.1 Å². The van der Waals surface area contributed by atoms with E-state index in [-0.39, 0.29) is 5.02 Å². The van der Waals surface area contributed by atoms with Crippen molar-refractivity contribution in [1.82, 2.24) is 0 Å². The van der Waals surface area contributed by atoms with Crippen LogP contribution in [0, 0.1) is 5.82 Å². The molecule has 0 bridgehead atoms. The van der Waals surface area contributed by atoms with Crippen LogP contribution in [0.4, 0.5) is 10.1 Å². The smallest absolute Gasteiger partial charge is 0.336 e. The normalized spacial score (nSPS) is 12.0. The van der Waals surface area contributed by atoms with E-state index in [0.29, 0.717) is 17.0 Å². The van der Waals surface area contributed by atoms with Gasteiger partial charge in [-0.2, -0.15) is 0 Å². The predicted octanol–water partition coefficient (Wildman–Crippen LogP) is 3.99. The van der Waals surface area contributed by atoms with Gasteiger partial charge in [-0.15, -0.1) is 0 Å². The minimum absolute atomic E-state index is 0.0871. The molecule has 3 rings (SSSR count). The van der Waals surface area contributed by atoms with Gasteiger partial charge in [-0.1, -0.05) is 11.6 Å². The molecule has 0 aliphatic carbocycles. The van der Waals surface area contributed by atoms with Gasteiger partial charge in [-0.25, -0.2) is 9.18 Å². The van der Waals surface area contributed by atoms with Crippen molar-refractivity contribution in [1.29, 1.82) is 0 Å². The fraction of sp³-hybridized carbons (Fsp3) is 0.111. The molecule has 1 amide bonds. The van der Waals surface area contributed by atoms with Crippen LogP contribution in [0.3, 0.4) is 0 Å². The molecule has 1 heterocycles. The molecule has 0 aliphatic heterocycles. The Hall–Kier alpha value is -2.86. The van der Waals surface area contributed by atoms with Gasteiger partial charge in [-0.05, 0) is 43.3 Å². The molecule has 5 nitrogen and oxygen atoms in total. The topological polar surface area (TPSA) is 68.5 Å². The zero-order valence-electron chi connectivity index (χ0n) is 13.1. The van der Waals surface area contributed by atoms with E-state index in [1.54, 1.807) is 25.1 Å². The fourth-order valence-corrected chi connectivity index (χ4v) is 2.37. The monoisotopic (exact) mass is 361 g/mol.